The van der Waals surface area contributed by atoms with Gasteiger partial charge in [0.1, 0.15) is 0 Å². The van der Waals surface area contributed by atoms with Gasteiger partial charge in [0, 0.05) is 44.5 Å². The molecule has 0 atom stereocenters. The van der Waals surface area contributed by atoms with E-state index in [0.717, 1.165) is 77.1 Å². The summed E-state index contributed by atoms with van der Waals surface area (Å²) < 4.78 is 0. The van der Waals surface area contributed by atoms with Gasteiger partial charge in [0.2, 0.25) is 0 Å². The van der Waals surface area contributed by atoms with E-state index in [2.05, 4.69) is 95.9 Å². The molecule has 0 fully saturated rings. The van der Waals surface area contributed by atoms with Crippen molar-refractivity contribution in [1.29, 1.82) is 0 Å². The molecule has 7 aromatic rings. The number of rotatable bonds is 2. The average Bonchev–Trinajstić information content (AvgIpc) is 3.58. The van der Waals surface area contributed by atoms with Gasteiger partial charge in [0.05, 0.1) is 0 Å². The second kappa shape index (κ2) is 88.4. The van der Waals surface area contributed by atoms with E-state index in [1.165, 1.54) is 11.1 Å². The summed E-state index contributed by atoms with van der Waals surface area (Å²) in [5, 5.41) is 0. The molecule has 0 saturated carbocycles. The van der Waals surface area contributed by atoms with E-state index in [1.807, 2.05) is 312 Å². The van der Waals surface area contributed by atoms with Crippen molar-refractivity contribution in [1.82, 2.24) is 0 Å². The first-order valence-corrected chi connectivity index (χ1v) is 31.3. The van der Waals surface area contributed by atoms with E-state index in [1.54, 1.807) is 0 Å². The highest BCUT2D eigenvalue weighted by atomic mass is 14.5. The number of nitrogens with two attached hydrogens (primary N) is 4. The summed E-state index contributed by atoms with van der Waals surface area (Å²) in [5.41, 5.74) is 30.1. The minimum absolute atomic E-state index is 0.750. The Hall–Kier alpha value is -7.38. The molecule has 0 amide bonds. The third-order valence-electron chi connectivity index (χ3n) is 7.70. The maximum Gasteiger partial charge on any atom is 0.0249 e. The summed E-state index contributed by atoms with van der Waals surface area (Å²) in [4.78, 5) is 0. The molecule has 7 rings (SSSR count). The van der Waals surface area contributed by atoms with Gasteiger partial charge in [-0.3, -0.25) is 0 Å². The predicted molar refractivity (Wildman–Crippen MR) is 384 cm³/mol. The van der Waals surface area contributed by atoms with Crippen molar-refractivity contribution in [2.24, 2.45) is 22.9 Å². The van der Waals surface area contributed by atoms with Crippen molar-refractivity contribution in [2.45, 2.75) is 173 Å². The first-order chi connectivity index (χ1) is 40.9. The van der Waals surface area contributed by atoms with Crippen molar-refractivity contribution in [3.05, 3.63) is 250 Å². The van der Waals surface area contributed by atoms with Gasteiger partial charge in [0.15, 0.2) is 0 Å². The van der Waals surface area contributed by atoms with Crippen molar-refractivity contribution < 1.29 is 0 Å². The van der Waals surface area contributed by atoms with Crippen LogP contribution < -0.4 is 22.9 Å². The Morgan fingerprint density at radius 2 is 0.313 bits per heavy atom. The van der Waals surface area contributed by atoms with Crippen molar-refractivity contribution in [3.63, 3.8) is 0 Å². The van der Waals surface area contributed by atoms with Crippen LogP contribution >= 0.6 is 0 Å². The minimum atomic E-state index is 0.750. The van der Waals surface area contributed by atoms with Crippen LogP contribution in [-0.4, -0.2) is 26.2 Å². The third-order valence-corrected chi connectivity index (χ3v) is 7.70. The van der Waals surface area contributed by atoms with Crippen molar-refractivity contribution >= 4 is 0 Å². The first kappa shape index (κ1) is 94.9. The molecule has 7 aromatic carbocycles. The fraction of sp³-hybridized carbons (Fsp3) is 0.367. The standard InChI is InChI=1S/C29H20.C22H14.4C2H7N.10C2H6/c1-3-7-24(8-4-1)11-12-25-13-15-26(16-14-25)17-18-27-19-21-29(22-20-27)23-28-9-5-2-6-10-28;1-3-7-19(8-4-1)11-13-21-15-17-22(18-16-21)14-12-20-9-5-2-6-10-20;4*1-2-3;10*1-2/h1-10,13-16,19-22H,23H2;1-10,15-18H;4*2-3H2,1H3;10*1-2H3. The fourth-order valence-electron chi connectivity index (χ4n) is 4.95. The zero-order chi connectivity index (χ0) is 65.6. The van der Waals surface area contributed by atoms with E-state index in [-0.39, 0.29) is 0 Å². The van der Waals surface area contributed by atoms with Crippen molar-refractivity contribution in [3.8, 4) is 47.4 Å². The van der Waals surface area contributed by atoms with E-state index >= 15 is 0 Å². The van der Waals surface area contributed by atoms with Gasteiger partial charge in [-0.05, 0) is 141 Å². The smallest absolute Gasteiger partial charge is 0.0249 e. The highest BCUT2D eigenvalue weighted by molar-refractivity contribution is 5.49. The molecule has 0 bridgehead atoms. The van der Waals surface area contributed by atoms with Crippen LogP contribution in [0.15, 0.2) is 194 Å². The molecule has 0 spiro atoms. The lowest BCUT2D eigenvalue weighted by molar-refractivity contribution is 1.14. The molecule has 83 heavy (non-hydrogen) atoms. The summed E-state index contributed by atoms with van der Waals surface area (Å²) in [7, 11) is 0. The Labute approximate surface area is 516 Å². The lowest BCUT2D eigenvalue weighted by atomic mass is 10.0. The number of hydrogen-bond donors (Lipinski definition) is 4. The molecule has 0 saturated heterocycles. The predicted octanol–water partition coefficient (Wildman–Crippen LogP) is 20.7. The Balaban J connectivity index is -0.000000128. The lowest BCUT2D eigenvalue weighted by Crippen LogP contribution is -1.87. The van der Waals surface area contributed by atoms with Crippen LogP contribution in [0.25, 0.3) is 0 Å². The molecule has 0 aromatic heterocycles. The second-order valence-electron chi connectivity index (χ2n) is 13.2. The maximum atomic E-state index is 4.85. The monoisotopic (exact) mass is 1130 g/mol. The molecular weight excluding hydrogens is 1000 g/mol. The van der Waals surface area contributed by atoms with E-state index in [9.17, 15) is 0 Å². The van der Waals surface area contributed by atoms with Gasteiger partial charge < -0.3 is 22.9 Å². The topological polar surface area (TPSA) is 104 Å². The van der Waals surface area contributed by atoms with E-state index in [0.29, 0.717) is 0 Å². The largest absolute Gasteiger partial charge is 0.331 e. The fourth-order valence-corrected chi connectivity index (χ4v) is 4.95. The van der Waals surface area contributed by atoms with Crippen LogP contribution in [-0.2, 0) is 6.42 Å². The van der Waals surface area contributed by atoms with Crippen LogP contribution in [0.4, 0.5) is 0 Å². The summed E-state index contributed by atoms with van der Waals surface area (Å²) in [5.74, 6) is 25.5. The number of benzene rings is 7. The highest BCUT2D eigenvalue weighted by Crippen LogP contribution is 2.11. The molecule has 0 heterocycles. The minimum Gasteiger partial charge on any atom is -0.331 e. The van der Waals surface area contributed by atoms with Gasteiger partial charge in [-0.25, -0.2) is 0 Å². The molecule has 0 aliphatic rings. The normalized spacial score (nSPS) is 7.37. The average molecular weight is 1130 g/mol. The van der Waals surface area contributed by atoms with Gasteiger partial charge in [0.25, 0.3) is 0 Å². The zero-order valence-corrected chi connectivity index (χ0v) is 57.3. The van der Waals surface area contributed by atoms with Crippen LogP contribution in [0.5, 0.6) is 0 Å². The molecule has 0 aliphatic heterocycles. The highest BCUT2D eigenvalue weighted by Gasteiger charge is 1.96. The van der Waals surface area contributed by atoms with E-state index in [4.69, 9.17) is 22.9 Å². The van der Waals surface area contributed by atoms with Crippen LogP contribution in [0.1, 0.15) is 222 Å². The van der Waals surface area contributed by atoms with Crippen LogP contribution in [0, 0.1) is 47.4 Å². The Morgan fingerprint density at radius 1 is 0.193 bits per heavy atom. The van der Waals surface area contributed by atoms with E-state index < -0.39 is 0 Å². The quantitative estimate of drug-likeness (QED) is 0.130. The van der Waals surface area contributed by atoms with Gasteiger partial charge in [-0.1, -0.05) is 311 Å². The lowest BCUT2D eigenvalue weighted by Gasteiger charge is -2.01. The van der Waals surface area contributed by atoms with Gasteiger partial charge in [-0.2, -0.15) is 0 Å². The summed E-state index contributed by atoms with van der Waals surface area (Å²) in [6.45, 7) is 50.6. The summed E-state index contributed by atoms with van der Waals surface area (Å²) >= 11 is 0. The second-order valence-corrected chi connectivity index (χ2v) is 13.2. The summed E-state index contributed by atoms with van der Waals surface area (Å²) in [6.07, 6.45) is 0.944. The zero-order valence-electron chi connectivity index (χ0n) is 57.3. The van der Waals surface area contributed by atoms with Crippen LogP contribution in [0.2, 0.25) is 0 Å². The molecule has 0 aliphatic carbocycles. The first-order valence-electron chi connectivity index (χ1n) is 31.3. The molecule has 4 heteroatoms. The molecule has 458 valence electrons. The maximum absolute atomic E-state index is 4.85. The third kappa shape index (κ3) is 63.7. The van der Waals surface area contributed by atoms with Gasteiger partial charge in [-0.15, -0.1) is 0 Å². The Bertz CT molecular complexity index is 2390. The Morgan fingerprint density at radius 3 is 0.482 bits per heavy atom. The molecule has 4 nitrogen and oxygen atoms in total. The Kier molecular flexibility index (Phi) is 101. The number of hydrogen-bond acceptors (Lipinski definition) is 4. The summed E-state index contributed by atoms with van der Waals surface area (Å²) in [6, 6.07) is 65.1. The SMILES string of the molecule is C(#Cc1ccc(C#Cc2ccc(Cc3ccccc3)cc2)cc1)c1ccccc1.C(#Cc1ccc(C#Cc2ccccc2)cc1)c1ccccc1.CC.CC.CC.CC.CC.CC.CC.CC.CC.CC.CCN.CCN.CCN.CCN. The molecule has 0 unspecified atom stereocenters. The molecule has 0 radical (unpaired) electrons. The molecular formula is C79H122N4. The van der Waals surface area contributed by atoms with Gasteiger partial charge >= 0.3 is 0 Å². The molecule has 8 N–H and O–H groups in total. The van der Waals surface area contributed by atoms with Crippen molar-refractivity contribution in [2.75, 3.05) is 26.2 Å². The van der Waals surface area contributed by atoms with Crippen LogP contribution in [0.3, 0.4) is 0 Å².